The van der Waals surface area contributed by atoms with E-state index in [1.54, 1.807) is 23.1 Å². The first-order valence-corrected chi connectivity index (χ1v) is 4.11. The molecular weight excluding hydrogens is 138 g/mol. The summed E-state index contributed by atoms with van der Waals surface area (Å²) in [6, 6.07) is 0. The first-order chi connectivity index (χ1) is 3.93. The molecule has 1 heterocycles. The van der Waals surface area contributed by atoms with Gasteiger partial charge in [0.1, 0.15) is 4.34 Å². The largest absolute Gasteiger partial charge is 0.238 e. The lowest BCUT2D eigenvalue weighted by atomic mass is 11.0. The first-order valence-electron chi connectivity index (χ1n) is 2.25. The van der Waals surface area contributed by atoms with Gasteiger partial charge < -0.3 is 0 Å². The zero-order valence-electron chi connectivity index (χ0n) is 4.33. The number of thiazole rings is 1. The SMILES string of the molecule is [CH2]CSc1nccs1. The highest BCUT2D eigenvalue weighted by atomic mass is 32.2. The second kappa shape index (κ2) is 3.10. The van der Waals surface area contributed by atoms with Gasteiger partial charge in [0.15, 0.2) is 0 Å². The molecule has 0 unspecified atom stereocenters. The molecule has 0 aliphatic rings. The summed E-state index contributed by atoms with van der Waals surface area (Å²) in [7, 11) is 0. The molecule has 1 aromatic rings. The van der Waals surface area contributed by atoms with Crippen LogP contribution in [0.15, 0.2) is 15.9 Å². The number of hydrogen-bond acceptors (Lipinski definition) is 3. The Kier molecular flexibility index (Phi) is 2.36. The van der Waals surface area contributed by atoms with Crippen molar-refractivity contribution in [3.63, 3.8) is 0 Å². The predicted molar refractivity (Wildman–Crippen MR) is 38.2 cm³/mol. The van der Waals surface area contributed by atoms with Crippen LogP contribution in [0.2, 0.25) is 0 Å². The quantitative estimate of drug-likeness (QED) is 0.589. The second-order valence-electron chi connectivity index (χ2n) is 1.15. The highest BCUT2D eigenvalue weighted by Crippen LogP contribution is 2.18. The number of thioether (sulfide) groups is 1. The number of hydrogen-bond donors (Lipinski definition) is 0. The minimum Gasteiger partial charge on any atom is -0.238 e. The summed E-state index contributed by atoms with van der Waals surface area (Å²) in [5.41, 5.74) is 0. The van der Waals surface area contributed by atoms with Crippen LogP contribution >= 0.6 is 23.1 Å². The molecular formula is C5H6NS2. The van der Waals surface area contributed by atoms with Gasteiger partial charge in [-0.15, -0.1) is 11.3 Å². The zero-order chi connectivity index (χ0) is 5.82. The van der Waals surface area contributed by atoms with Crippen molar-refractivity contribution in [2.75, 3.05) is 5.75 Å². The van der Waals surface area contributed by atoms with Crippen molar-refractivity contribution in [3.05, 3.63) is 18.5 Å². The van der Waals surface area contributed by atoms with Gasteiger partial charge >= 0.3 is 0 Å². The van der Waals surface area contributed by atoms with Crippen molar-refractivity contribution >= 4 is 23.1 Å². The molecule has 0 N–H and O–H groups in total. The molecule has 0 atom stereocenters. The maximum absolute atomic E-state index is 4.05. The van der Waals surface area contributed by atoms with Crippen LogP contribution in [0, 0.1) is 6.92 Å². The van der Waals surface area contributed by atoms with Crippen LogP contribution in [0.5, 0.6) is 0 Å². The standard InChI is InChI=1S/C5H6NS2/c1-2-7-5-6-3-4-8-5/h3-4H,1-2H2. The smallest absolute Gasteiger partial charge is 0.149 e. The van der Waals surface area contributed by atoms with E-state index in [1.807, 2.05) is 11.6 Å². The van der Waals surface area contributed by atoms with Crippen molar-refractivity contribution in [3.8, 4) is 0 Å². The normalized spacial score (nSPS) is 9.62. The summed E-state index contributed by atoms with van der Waals surface area (Å²) >= 11 is 3.34. The zero-order valence-corrected chi connectivity index (χ0v) is 5.97. The van der Waals surface area contributed by atoms with Crippen molar-refractivity contribution < 1.29 is 0 Å². The van der Waals surface area contributed by atoms with Crippen molar-refractivity contribution in [2.24, 2.45) is 0 Å². The molecule has 0 fully saturated rings. The minimum atomic E-state index is 0.869. The van der Waals surface area contributed by atoms with E-state index in [4.69, 9.17) is 0 Å². The molecule has 0 spiro atoms. The van der Waals surface area contributed by atoms with Crippen LogP contribution in [0.1, 0.15) is 0 Å². The Morgan fingerprint density at radius 3 is 3.25 bits per heavy atom. The van der Waals surface area contributed by atoms with E-state index in [-0.39, 0.29) is 0 Å². The molecule has 0 aliphatic carbocycles. The average molecular weight is 144 g/mol. The number of rotatable bonds is 2. The highest BCUT2D eigenvalue weighted by molar-refractivity contribution is 8.01. The molecule has 0 bridgehead atoms. The monoisotopic (exact) mass is 144 g/mol. The van der Waals surface area contributed by atoms with Crippen molar-refractivity contribution in [1.82, 2.24) is 4.98 Å². The molecule has 1 nitrogen and oxygen atoms in total. The van der Waals surface area contributed by atoms with Crippen LogP contribution in [0.4, 0.5) is 0 Å². The Balaban J connectivity index is 2.50. The number of nitrogens with zero attached hydrogens (tertiary/aromatic N) is 1. The van der Waals surface area contributed by atoms with Gasteiger partial charge in [-0.25, -0.2) is 4.98 Å². The van der Waals surface area contributed by atoms with Gasteiger partial charge in [0, 0.05) is 17.3 Å². The van der Waals surface area contributed by atoms with Crippen LogP contribution in [-0.4, -0.2) is 10.7 Å². The fraction of sp³-hybridized carbons (Fsp3) is 0.200. The third-order valence-corrected chi connectivity index (χ3v) is 2.40. The average Bonchev–Trinajstić information content (AvgIpc) is 2.19. The number of aromatic nitrogens is 1. The van der Waals surface area contributed by atoms with E-state index in [1.165, 1.54) is 0 Å². The minimum absolute atomic E-state index is 0.869. The molecule has 0 saturated carbocycles. The molecule has 0 amide bonds. The van der Waals surface area contributed by atoms with Crippen molar-refractivity contribution in [1.29, 1.82) is 0 Å². The van der Waals surface area contributed by atoms with Gasteiger partial charge in [-0.05, 0) is 6.92 Å². The van der Waals surface area contributed by atoms with Crippen LogP contribution < -0.4 is 0 Å². The van der Waals surface area contributed by atoms with E-state index in [0.717, 1.165) is 10.1 Å². The Bertz CT molecular complexity index is 136. The van der Waals surface area contributed by atoms with Gasteiger partial charge in [-0.1, -0.05) is 11.8 Å². The molecule has 1 rings (SSSR count). The molecule has 1 aromatic heterocycles. The fourth-order valence-corrected chi connectivity index (χ4v) is 1.73. The Hall–Kier alpha value is -0.0200. The predicted octanol–water partition coefficient (Wildman–Crippen LogP) is 2.07. The molecule has 1 radical (unpaired) electrons. The van der Waals surface area contributed by atoms with Crippen LogP contribution in [-0.2, 0) is 0 Å². The van der Waals surface area contributed by atoms with E-state index < -0.39 is 0 Å². The van der Waals surface area contributed by atoms with E-state index in [0.29, 0.717) is 0 Å². The molecule has 43 valence electrons. The van der Waals surface area contributed by atoms with E-state index >= 15 is 0 Å². The Morgan fingerprint density at radius 2 is 2.75 bits per heavy atom. The van der Waals surface area contributed by atoms with Gasteiger partial charge in [-0.3, -0.25) is 0 Å². The lowest BCUT2D eigenvalue weighted by Crippen LogP contribution is -1.65. The van der Waals surface area contributed by atoms with Gasteiger partial charge in [0.05, 0.1) is 0 Å². The first kappa shape index (κ1) is 6.11. The summed E-state index contributed by atoms with van der Waals surface area (Å²) < 4.78 is 1.11. The molecule has 0 saturated heterocycles. The molecule has 0 aromatic carbocycles. The lowest BCUT2D eigenvalue weighted by Gasteiger charge is -1.84. The molecule has 0 aliphatic heterocycles. The lowest BCUT2D eigenvalue weighted by molar-refractivity contribution is 1.25. The maximum Gasteiger partial charge on any atom is 0.149 e. The highest BCUT2D eigenvalue weighted by Gasteiger charge is 1.89. The third-order valence-electron chi connectivity index (χ3n) is 0.635. The topological polar surface area (TPSA) is 12.9 Å². The van der Waals surface area contributed by atoms with E-state index in [2.05, 4.69) is 11.9 Å². The van der Waals surface area contributed by atoms with Crippen LogP contribution in [0.3, 0.4) is 0 Å². The van der Waals surface area contributed by atoms with E-state index in [9.17, 15) is 0 Å². The second-order valence-corrected chi connectivity index (χ2v) is 3.38. The summed E-state index contributed by atoms with van der Waals surface area (Å²) in [4.78, 5) is 4.05. The molecule has 8 heavy (non-hydrogen) atoms. The Morgan fingerprint density at radius 1 is 1.88 bits per heavy atom. The van der Waals surface area contributed by atoms with Gasteiger partial charge in [0.25, 0.3) is 0 Å². The van der Waals surface area contributed by atoms with Crippen molar-refractivity contribution in [2.45, 2.75) is 4.34 Å². The fourth-order valence-electron chi connectivity index (χ4n) is 0.369. The van der Waals surface area contributed by atoms with Gasteiger partial charge in [0.2, 0.25) is 0 Å². The molecule has 3 heteroatoms. The third kappa shape index (κ3) is 1.49. The maximum atomic E-state index is 4.05. The summed E-state index contributed by atoms with van der Waals surface area (Å²) in [5, 5.41) is 1.97. The Labute approximate surface area is 57.1 Å². The summed E-state index contributed by atoms with van der Waals surface area (Å²) in [6.45, 7) is 3.69. The summed E-state index contributed by atoms with van der Waals surface area (Å²) in [6.07, 6.45) is 1.81. The van der Waals surface area contributed by atoms with Crippen LogP contribution in [0.25, 0.3) is 0 Å². The van der Waals surface area contributed by atoms with Gasteiger partial charge in [-0.2, -0.15) is 0 Å². The summed E-state index contributed by atoms with van der Waals surface area (Å²) in [5.74, 6) is 0.869.